The second-order valence-electron chi connectivity index (χ2n) is 5.46. The van der Waals surface area contributed by atoms with Crippen LogP contribution in [-0.2, 0) is 0 Å². The van der Waals surface area contributed by atoms with Gasteiger partial charge in [0.15, 0.2) is 0 Å². The van der Waals surface area contributed by atoms with Crippen LogP contribution in [0.15, 0.2) is 42.5 Å². The fraction of sp³-hybridized carbons (Fsp3) is 0.278. The van der Waals surface area contributed by atoms with Crippen molar-refractivity contribution in [3.8, 4) is 11.1 Å². The molecule has 0 aliphatic heterocycles. The van der Waals surface area contributed by atoms with Crippen LogP contribution >= 0.6 is 12.4 Å². The van der Waals surface area contributed by atoms with Gasteiger partial charge in [-0.2, -0.15) is 0 Å². The van der Waals surface area contributed by atoms with Gasteiger partial charge in [-0.3, -0.25) is 4.79 Å². The van der Waals surface area contributed by atoms with Gasteiger partial charge in [-0.1, -0.05) is 35.9 Å². The van der Waals surface area contributed by atoms with Crippen LogP contribution in [-0.4, -0.2) is 25.5 Å². The van der Waals surface area contributed by atoms with Gasteiger partial charge in [0.25, 0.3) is 5.91 Å². The Hall–Kier alpha value is -1.91. The maximum atomic E-state index is 14.2. The summed E-state index contributed by atoms with van der Waals surface area (Å²) in [5.41, 5.74) is 2.91. The van der Waals surface area contributed by atoms with Crippen molar-refractivity contribution in [1.29, 1.82) is 0 Å². The number of halogens is 2. The predicted octanol–water partition coefficient (Wildman–Crippen LogP) is 3.56. The lowest BCUT2D eigenvalue weighted by Gasteiger charge is -2.12. The molecule has 0 saturated carbocycles. The van der Waals surface area contributed by atoms with Crippen molar-refractivity contribution in [3.63, 3.8) is 0 Å². The van der Waals surface area contributed by atoms with E-state index in [1.54, 1.807) is 6.07 Å². The maximum Gasteiger partial charge on any atom is 0.254 e. The second kappa shape index (κ2) is 8.65. The van der Waals surface area contributed by atoms with E-state index in [1.165, 1.54) is 12.1 Å². The van der Waals surface area contributed by atoms with Gasteiger partial charge < -0.3 is 10.6 Å². The highest BCUT2D eigenvalue weighted by atomic mass is 35.5. The maximum absolute atomic E-state index is 14.2. The zero-order valence-electron chi connectivity index (χ0n) is 13.5. The number of likely N-dealkylation sites (N-methyl/N-ethyl adjacent to an activating group) is 1. The molecule has 0 radical (unpaired) electrons. The third kappa shape index (κ3) is 5.05. The molecule has 23 heavy (non-hydrogen) atoms. The predicted molar refractivity (Wildman–Crippen MR) is 94.7 cm³/mol. The average Bonchev–Trinajstić information content (AvgIpc) is 2.52. The number of carbonyl (C=O) groups is 1. The molecule has 0 aromatic heterocycles. The Labute approximate surface area is 142 Å². The van der Waals surface area contributed by atoms with Gasteiger partial charge in [0.05, 0.1) is 5.56 Å². The Balaban J connectivity index is 0.00000264. The summed E-state index contributed by atoms with van der Waals surface area (Å²) in [4.78, 5) is 12.0. The molecule has 5 heteroatoms. The Kier molecular flexibility index (Phi) is 7.20. The molecule has 2 aromatic carbocycles. The zero-order valence-corrected chi connectivity index (χ0v) is 14.3. The first-order valence-electron chi connectivity index (χ1n) is 7.33. The fourth-order valence-corrected chi connectivity index (χ4v) is 2.07. The Bertz CT molecular complexity index is 659. The van der Waals surface area contributed by atoms with Crippen LogP contribution < -0.4 is 10.6 Å². The Morgan fingerprint density at radius 3 is 2.30 bits per heavy atom. The minimum Gasteiger partial charge on any atom is -0.350 e. The number of benzene rings is 2. The first-order valence-corrected chi connectivity index (χ1v) is 7.33. The smallest absolute Gasteiger partial charge is 0.254 e. The molecule has 0 aliphatic carbocycles. The van der Waals surface area contributed by atoms with E-state index >= 15 is 0 Å². The van der Waals surface area contributed by atoms with Crippen LogP contribution in [0.1, 0.15) is 22.8 Å². The number of carbonyl (C=O) groups excluding carboxylic acids is 1. The van der Waals surface area contributed by atoms with Crippen LogP contribution in [0.2, 0.25) is 0 Å². The van der Waals surface area contributed by atoms with Crippen molar-refractivity contribution in [2.24, 2.45) is 0 Å². The molecule has 124 valence electrons. The molecule has 0 bridgehead atoms. The van der Waals surface area contributed by atoms with Crippen molar-refractivity contribution in [2.45, 2.75) is 19.9 Å². The number of aryl methyl sites for hydroxylation is 1. The van der Waals surface area contributed by atoms with E-state index in [2.05, 4.69) is 10.6 Å². The molecule has 0 aliphatic rings. The summed E-state index contributed by atoms with van der Waals surface area (Å²) in [7, 11) is 1.81. The first-order chi connectivity index (χ1) is 10.5. The van der Waals surface area contributed by atoms with E-state index in [0.717, 1.165) is 16.7 Å². The summed E-state index contributed by atoms with van der Waals surface area (Å²) < 4.78 is 14.2. The van der Waals surface area contributed by atoms with Crippen molar-refractivity contribution < 1.29 is 9.18 Å². The lowest BCUT2D eigenvalue weighted by Crippen LogP contribution is -2.37. The van der Waals surface area contributed by atoms with Crippen molar-refractivity contribution >= 4 is 18.3 Å². The third-order valence-corrected chi connectivity index (χ3v) is 3.66. The van der Waals surface area contributed by atoms with E-state index in [-0.39, 0.29) is 24.0 Å². The van der Waals surface area contributed by atoms with Crippen LogP contribution in [0.5, 0.6) is 0 Å². The third-order valence-electron chi connectivity index (χ3n) is 3.66. The summed E-state index contributed by atoms with van der Waals surface area (Å²) in [6.45, 7) is 4.40. The normalized spacial score (nSPS) is 11.5. The highest BCUT2D eigenvalue weighted by Crippen LogP contribution is 2.22. The Morgan fingerprint density at radius 1 is 1.13 bits per heavy atom. The summed E-state index contributed by atoms with van der Waals surface area (Å²) in [6, 6.07) is 12.7. The summed E-state index contributed by atoms with van der Waals surface area (Å²) in [6.07, 6.45) is 0. The molecule has 1 amide bonds. The molecular weight excluding hydrogens is 315 g/mol. The van der Waals surface area contributed by atoms with Gasteiger partial charge in [0, 0.05) is 12.6 Å². The topological polar surface area (TPSA) is 41.1 Å². The minimum atomic E-state index is -0.507. The number of rotatable bonds is 5. The molecular formula is C18H22ClFN2O. The lowest BCUT2D eigenvalue weighted by molar-refractivity contribution is 0.0946. The summed E-state index contributed by atoms with van der Waals surface area (Å²) >= 11 is 0. The standard InChI is InChI=1S/C18H21FN2O.ClH/c1-12-4-6-14(7-5-12)15-8-9-16(17(19)10-15)18(22)21-11-13(2)20-3;/h4-10,13,20H,11H2,1-3H3,(H,21,22);1H. The average molecular weight is 337 g/mol. The molecule has 1 atom stereocenters. The minimum absolute atomic E-state index is 0. The monoisotopic (exact) mass is 336 g/mol. The van der Waals surface area contributed by atoms with E-state index in [9.17, 15) is 9.18 Å². The van der Waals surface area contributed by atoms with Gasteiger partial charge in [-0.25, -0.2) is 4.39 Å². The molecule has 3 nitrogen and oxygen atoms in total. The van der Waals surface area contributed by atoms with E-state index < -0.39 is 11.7 Å². The molecule has 1 unspecified atom stereocenters. The lowest BCUT2D eigenvalue weighted by atomic mass is 10.0. The van der Waals surface area contributed by atoms with Crippen LogP contribution in [0.4, 0.5) is 4.39 Å². The number of hydrogen-bond donors (Lipinski definition) is 2. The van der Waals surface area contributed by atoms with Crippen molar-refractivity contribution in [2.75, 3.05) is 13.6 Å². The summed E-state index contributed by atoms with van der Waals surface area (Å²) in [5.74, 6) is -0.900. The number of nitrogens with one attached hydrogen (secondary N) is 2. The van der Waals surface area contributed by atoms with Crippen LogP contribution in [0.25, 0.3) is 11.1 Å². The van der Waals surface area contributed by atoms with Gasteiger partial charge in [0.1, 0.15) is 5.82 Å². The van der Waals surface area contributed by atoms with Gasteiger partial charge in [-0.05, 0) is 44.2 Å². The molecule has 0 saturated heterocycles. The molecule has 0 heterocycles. The molecule has 0 spiro atoms. The largest absolute Gasteiger partial charge is 0.350 e. The van der Waals surface area contributed by atoms with Gasteiger partial charge in [0.2, 0.25) is 0 Å². The SMILES string of the molecule is CNC(C)CNC(=O)c1ccc(-c2ccc(C)cc2)cc1F.Cl. The van der Waals surface area contributed by atoms with E-state index in [0.29, 0.717) is 6.54 Å². The summed E-state index contributed by atoms with van der Waals surface area (Å²) in [5, 5.41) is 5.73. The van der Waals surface area contributed by atoms with Crippen molar-refractivity contribution in [1.82, 2.24) is 10.6 Å². The first kappa shape index (κ1) is 19.1. The molecule has 2 N–H and O–H groups in total. The Morgan fingerprint density at radius 2 is 1.74 bits per heavy atom. The van der Waals surface area contributed by atoms with E-state index in [4.69, 9.17) is 0 Å². The quantitative estimate of drug-likeness (QED) is 0.876. The van der Waals surface area contributed by atoms with Gasteiger partial charge >= 0.3 is 0 Å². The molecule has 2 rings (SSSR count). The van der Waals surface area contributed by atoms with Crippen molar-refractivity contribution in [3.05, 3.63) is 59.4 Å². The second-order valence-corrected chi connectivity index (χ2v) is 5.46. The molecule has 2 aromatic rings. The highest BCUT2D eigenvalue weighted by molar-refractivity contribution is 5.95. The number of amides is 1. The zero-order chi connectivity index (χ0) is 16.1. The highest BCUT2D eigenvalue weighted by Gasteiger charge is 2.13. The van der Waals surface area contributed by atoms with Gasteiger partial charge in [-0.15, -0.1) is 12.4 Å². The fourth-order valence-electron chi connectivity index (χ4n) is 2.07. The van der Waals surface area contributed by atoms with E-state index in [1.807, 2.05) is 45.2 Å². The van der Waals surface area contributed by atoms with Crippen LogP contribution in [0, 0.1) is 12.7 Å². The number of hydrogen-bond acceptors (Lipinski definition) is 2. The molecule has 0 fully saturated rings. The van der Waals surface area contributed by atoms with Crippen LogP contribution in [0.3, 0.4) is 0 Å².